The maximum absolute atomic E-state index is 12.6. The molecule has 0 unspecified atom stereocenters. The fourth-order valence-corrected chi connectivity index (χ4v) is 3.01. The lowest BCUT2D eigenvalue weighted by Crippen LogP contribution is -2.55. The molecule has 1 aromatic heterocycles. The van der Waals surface area contributed by atoms with Crippen molar-refractivity contribution in [1.82, 2.24) is 20.0 Å². The molecule has 1 amide bonds. The molecular weight excluding hydrogens is 348 g/mol. The number of nitrogens with zero attached hydrogens (tertiary/aromatic N) is 5. The Labute approximate surface area is 157 Å². The summed E-state index contributed by atoms with van der Waals surface area (Å²) in [5, 5.41) is 17.3. The van der Waals surface area contributed by atoms with E-state index in [2.05, 4.69) is 15.4 Å². The van der Waals surface area contributed by atoms with Gasteiger partial charge in [-0.05, 0) is 18.2 Å². The number of methoxy groups -OCH3 is 1. The molecule has 2 N–H and O–H groups in total. The number of nitrogens with one attached hydrogen (secondary N) is 1. The Morgan fingerprint density at radius 1 is 1.41 bits per heavy atom. The first-order valence-corrected chi connectivity index (χ1v) is 8.62. The normalized spacial score (nSPS) is 15.2. The Bertz CT molecular complexity index is 847. The van der Waals surface area contributed by atoms with Crippen molar-refractivity contribution in [3.8, 4) is 11.5 Å². The molecule has 0 atom stereocenters. The summed E-state index contributed by atoms with van der Waals surface area (Å²) >= 11 is 0. The van der Waals surface area contributed by atoms with Gasteiger partial charge in [0, 0.05) is 45.5 Å². The molecule has 0 aliphatic carbocycles. The molecule has 144 valence electrons. The van der Waals surface area contributed by atoms with E-state index in [-0.39, 0.29) is 18.2 Å². The molecule has 3 rings (SSSR count). The molecule has 0 saturated carbocycles. The third kappa shape index (κ3) is 4.13. The number of guanidine groups is 1. The van der Waals surface area contributed by atoms with Crippen LogP contribution in [0.25, 0.3) is 0 Å². The third-order valence-corrected chi connectivity index (χ3v) is 4.46. The number of aromatic hydroxyl groups is 1. The van der Waals surface area contributed by atoms with Crippen molar-refractivity contribution in [3.63, 3.8) is 0 Å². The number of anilines is 1. The highest BCUT2D eigenvalue weighted by atomic mass is 16.5. The summed E-state index contributed by atoms with van der Waals surface area (Å²) in [5.74, 6) is 1.44. The molecule has 9 nitrogen and oxygen atoms in total. The first kappa shape index (κ1) is 18.6. The second-order valence-corrected chi connectivity index (χ2v) is 6.23. The summed E-state index contributed by atoms with van der Waals surface area (Å²) in [6.07, 6.45) is 3.51. The fourth-order valence-electron chi connectivity index (χ4n) is 3.01. The third-order valence-electron chi connectivity index (χ3n) is 4.46. The molecule has 1 aliphatic heterocycles. The second kappa shape index (κ2) is 7.98. The van der Waals surface area contributed by atoms with Gasteiger partial charge in [-0.3, -0.25) is 14.5 Å². The number of benzene rings is 1. The van der Waals surface area contributed by atoms with Crippen LogP contribution in [0.5, 0.6) is 11.5 Å². The number of piperazine rings is 1. The summed E-state index contributed by atoms with van der Waals surface area (Å²) in [6, 6.07) is 5.06. The minimum absolute atomic E-state index is 0.0126. The Morgan fingerprint density at radius 3 is 2.85 bits per heavy atom. The lowest BCUT2D eigenvalue weighted by atomic mass is 10.2. The van der Waals surface area contributed by atoms with Crippen molar-refractivity contribution >= 4 is 17.6 Å². The summed E-state index contributed by atoms with van der Waals surface area (Å²) in [7, 11) is 5.07. The number of hydrogen-bond donors (Lipinski definition) is 2. The molecule has 2 heterocycles. The number of aromatic nitrogens is 2. The number of phenols is 1. The average molecular weight is 372 g/mol. The Hall–Kier alpha value is -3.23. The van der Waals surface area contributed by atoms with E-state index in [1.807, 2.05) is 18.1 Å². The van der Waals surface area contributed by atoms with Crippen LogP contribution in [-0.2, 0) is 18.4 Å². The number of amides is 1. The lowest BCUT2D eigenvalue weighted by molar-refractivity contribution is -0.120. The van der Waals surface area contributed by atoms with Crippen LogP contribution >= 0.6 is 0 Å². The number of aryl methyl sites for hydroxylation is 1. The minimum Gasteiger partial charge on any atom is -0.508 e. The van der Waals surface area contributed by atoms with E-state index in [0.717, 1.165) is 5.69 Å². The van der Waals surface area contributed by atoms with Crippen LogP contribution in [-0.4, -0.2) is 65.4 Å². The van der Waals surface area contributed by atoms with Crippen molar-refractivity contribution < 1.29 is 14.6 Å². The first-order valence-electron chi connectivity index (χ1n) is 8.62. The van der Waals surface area contributed by atoms with Gasteiger partial charge in [-0.1, -0.05) is 0 Å². The quantitative estimate of drug-likeness (QED) is 0.601. The van der Waals surface area contributed by atoms with Crippen molar-refractivity contribution in [2.45, 2.75) is 6.54 Å². The molecule has 1 aliphatic rings. The molecule has 2 aromatic rings. The van der Waals surface area contributed by atoms with E-state index in [1.54, 1.807) is 48.1 Å². The van der Waals surface area contributed by atoms with Crippen molar-refractivity contribution in [1.29, 1.82) is 0 Å². The van der Waals surface area contributed by atoms with Crippen LogP contribution in [0.15, 0.2) is 35.6 Å². The number of aliphatic imine (C=N–C) groups is 1. The second-order valence-electron chi connectivity index (χ2n) is 6.23. The van der Waals surface area contributed by atoms with Crippen LogP contribution in [0.3, 0.4) is 0 Å². The molecule has 0 radical (unpaired) electrons. The highest BCUT2D eigenvalue weighted by molar-refractivity contribution is 5.98. The average Bonchev–Trinajstić information content (AvgIpc) is 3.09. The Balaban J connectivity index is 1.63. The van der Waals surface area contributed by atoms with Gasteiger partial charge in [0.2, 0.25) is 5.91 Å². The van der Waals surface area contributed by atoms with Gasteiger partial charge < -0.3 is 25.0 Å². The van der Waals surface area contributed by atoms with E-state index >= 15 is 0 Å². The van der Waals surface area contributed by atoms with Gasteiger partial charge in [0.1, 0.15) is 18.0 Å². The summed E-state index contributed by atoms with van der Waals surface area (Å²) in [5.41, 5.74) is 1.49. The largest absolute Gasteiger partial charge is 0.508 e. The van der Waals surface area contributed by atoms with Crippen molar-refractivity contribution in [3.05, 3.63) is 36.2 Å². The van der Waals surface area contributed by atoms with E-state index < -0.39 is 0 Å². The molecule has 9 heteroatoms. The zero-order valence-electron chi connectivity index (χ0n) is 15.7. The maximum Gasteiger partial charge on any atom is 0.246 e. The summed E-state index contributed by atoms with van der Waals surface area (Å²) < 4.78 is 6.87. The molecule has 1 fully saturated rings. The lowest BCUT2D eigenvalue weighted by Gasteiger charge is -2.35. The Kier molecular flexibility index (Phi) is 5.49. The standard InChI is InChI=1S/C18H24N6O3/c1-19-18(20-9-13-8-15(27-3)4-5-16(13)25)23-6-7-24(17(26)12-23)14-10-21-22(2)11-14/h4-5,8,10-11,25H,6-7,9,12H2,1-3H3,(H,19,20). The van der Waals surface area contributed by atoms with Gasteiger partial charge in [0.15, 0.2) is 5.96 Å². The van der Waals surface area contributed by atoms with Gasteiger partial charge in [-0.25, -0.2) is 0 Å². The molecule has 0 spiro atoms. The minimum atomic E-state index is -0.0126. The van der Waals surface area contributed by atoms with Crippen LogP contribution < -0.4 is 15.0 Å². The van der Waals surface area contributed by atoms with Crippen LogP contribution in [0, 0.1) is 0 Å². The van der Waals surface area contributed by atoms with Gasteiger partial charge >= 0.3 is 0 Å². The molecular formula is C18H24N6O3. The smallest absolute Gasteiger partial charge is 0.246 e. The Morgan fingerprint density at radius 2 is 2.22 bits per heavy atom. The SMILES string of the molecule is CN=C(NCc1cc(OC)ccc1O)N1CCN(c2cnn(C)c2)C(=O)C1. The van der Waals surface area contributed by atoms with Crippen LogP contribution in [0.1, 0.15) is 5.56 Å². The number of rotatable bonds is 4. The predicted molar refractivity (Wildman–Crippen MR) is 102 cm³/mol. The predicted octanol–water partition coefficient (Wildman–Crippen LogP) is 0.558. The highest BCUT2D eigenvalue weighted by Crippen LogP contribution is 2.22. The number of carbonyl (C=O) groups excluding carboxylic acids is 1. The van der Waals surface area contributed by atoms with Crippen LogP contribution in [0.4, 0.5) is 5.69 Å². The molecule has 1 saturated heterocycles. The molecule has 0 bridgehead atoms. The fraction of sp³-hybridized carbons (Fsp3) is 0.389. The zero-order valence-corrected chi connectivity index (χ0v) is 15.7. The van der Waals surface area contributed by atoms with E-state index in [0.29, 0.717) is 36.9 Å². The topological polar surface area (TPSA) is 95.2 Å². The van der Waals surface area contributed by atoms with Crippen molar-refractivity contribution in [2.24, 2.45) is 12.0 Å². The number of carbonyl (C=O) groups is 1. The van der Waals surface area contributed by atoms with E-state index in [9.17, 15) is 9.90 Å². The maximum atomic E-state index is 12.6. The summed E-state index contributed by atoms with van der Waals surface area (Å²) in [6.45, 7) is 1.78. The number of hydrogen-bond acceptors (Lipinski definition) is 5. The first-order chi connectivity index (χ1) is 13.0. The van der Waals surface area contributed by atoms with Gasteiger partial charge in [-0.2, -0.15) is 5.10 Å². The monoisotopic (exact) mass is 372 g/mol. The number of ether oxygens (including phenoxy) is 1. The van der Waals surface area contributed by atoms with Crippen molar-refractivity contribution in [2.75, 3.05) is 38.7 Å². The molecule has 27 heavy (non-hydrogen) atoms. The van der Waals surface area contributed by atoms with E-state index in [4.69, 9.17) is 4.74 Å². The van der Waals surface area contributed by atoms with Crippen LogP contribution in [0.2, 0.25) is 0 Å². The van der Waals surface area contributed by atoms with Gasteiger partial charge in [-0.15, -0.1) is 0 Å². The van der Waals surface area contributed by atoms with E-state index in [1.165, 1.54) is 0 Å². The van der Waals surface area contributed by atoms with Gasteiger partial charge in [0.05, 0.1) is 19.0 Å². The highest BCUT2D eigenvalue weighted by Gasteiger charge is 2.27. The number of phenolic OH excluding ortho intramolecular Hbond substituents is 1. The summed E-state index contributed by atoms with van der Waals surface area (Å²) in [4.78, 5) is 20.4. The zero-order chi connectivity index (χ0) is 19.4. The molecule has 1 aromatic carbocycles. The van der Waals surface area contributed by atoms with Gasteiger partial charge in [0.25, 0.3) is 0 Å².